The fourth-order valence-electron chi connectivity index (χ4n) is 1.61. The fourth-order valence-corrected chi connectivity index (χ4v) is 2.58. The van der Waals surface area contributed by atoms with E-state index in [0.717, 1.165) is 0 Å². The van der Waals surface area contributed by atoms with Crippen molar-refractivity contribution in [3.8, 4) is 0 Å². The van der Waals surface area contributed by atoms with Gasteiger partial charge in [-0.05, 0) is 31.6 Å². The minimum Gasteiger partial charge on any atom is -0.343 e. The molecule has 1 aromatic heterocycles. The molecule has 2 nitrogen and oxygen atoms in total. The van der Waals surface area contributed by atoms with Crippen LogP contribution < -0.4 is 0 Å². The molecule has 0 spiro atoms. The van der Waals surface area contributed by atoms with Crippen molar-refractivity contribution >= 4 is 17.7 Å². The lowest BCUT2D eigenvalue weighted by atomic mass is 10.1. The summed E-state index contributed by atoms with van der Waals surface area (Å²) in [6.07, 6.45) is 6.07. The van der Waals surface area contributed by atoms with Gasteiger partial charge in [-0.2, -0.15) is 0 Å². The van der Waals surface area contributed by atoms with Crippen LogP contribution in [0.5, 0.6) is 0 Å². The van der Waals surface area contributed by atoms with Gasteiger partial charge in [0.25, 0.3) is 0 Å². The van der Waals surface area contributed by atoms with Gasteiger partial charge in [-0.1, -0.05) is 0 Å². The maximum absolute atomic E-state index is 4.48. The van der Waals surface area contributed by atoms with E-state index in [2.05, 4.69) is 37.2 Å². The minimum absolute atomic E-state index is 0.219. The van der Waals surface area contributed by atoms with Crippen LogP contribution in [0.25, 0.3) is 0 Å². The summed E-state index contributed by atoms with van der Waals surface area (Å²) in [5.41, 5.74) is 1.34. The van der Waals surface area contributed by atoms with E-state index in [1.165, 1.54) is 15.3 Å². The van der Waals surface area contributed by atoms with Crippen LogP contribution in [0.2, 0.25) is 0 Å². The number of nitrogens with zero attached hydrogens (tertiary/aromatic N) is 2. The van der Waals surface area contributed by atoms with Crippen molar-refractivity contribution in [3.05, 3.63) is 33.7 Å². The molecule has 0 bridgehead atoms. The minimum atomic E-state index is 0.219. The van der Waals surface area contributed by atoms with Crippen LogP contribution in [0, 0.1) is 13.8 Å². The van der Waals surface area contributed by atoms with E-state index in [4.69, 9.17) is 0 Å². The summed E-state index contributed by atoms with van der Waals surface area (Å²) in [6, 6.07) is 2.45. The Morgan fingerprint density at radius 1 is 1.43 bits per heavy atom. The first-order valence-corrected chi connectivity index (χ1v) is 5.49. The van der Waals surface area contributed by atoms with Crippen molar-refractivity contribution in [2.45, 2.75) is 19.9 Å². The van der Waals surface area contributed by atoms with Gasteiger partial charge < -0.3 is 4.90 Å². The molecule has 1 atom stereocenters. The molecule has 2 rings (SSSR count). The van der Waals surface area contributed by atoms with E-state index in [0.29, 0.717) is 0 Å². The van der Waals surface area contributed by atoms with Gasteiger partial charge in [0.05, 0.1) is 12.4 Å². The van der Waals surface area contributed by atoms with Crippen molar-refractivity contribution < 1.29 is 0 Å². The second kappa shape index (κ2) is 3.58. The number of hydrogen-bond donors (Lipinski definition) is 0. The Bertz CT molecular complexity index is 376. The predicted molar refractivity (Wildman–Crippen MR) is 61.9 cm³/mol. The zero-order chi connectivity index (χ0) is 10.1. The molecular formula is C11H14N2S. The first-order valence-electron chi connectivity index (χ1n) is 4.67. The highest BCUT2D eigenvalue weighted by Gasteiger charge is 2.13. The smallest absolute Gasteiger partial charge is 0.0975 e. The van der Waals surface area contributed by atoms with Gasteiger partial charge >= 0.3 is 0 Å². The molecule has 14 heavy (non-hydrogen) atoms. The van der Waals surface area contributed by atoms with Gasteiger partial charge in [0.15, 0.2) is 0 Å². The molecule has 1 unspecified atom stereocenters. The molecule has 74 valence electrons. The Morgan fingerprint density at radius 3 is 2.71 bits per heavy atom. The van der Waals surface area contributed by atoms with Gasteiger partial charge in [0.2, 0.25) is 0 Å². The molecule has 1 aliphatic rings. The third-order valence-corrected chi connectivity index (χ3v) is 3.29. The lowest BCUT2D eigenvalue weighted by molar-refractivity contribution is 0.666. The number of aliphatic imine (C=N–C) groups is 1. The first-order chi connectivity index (χ1) is 6.66. The lowest BCUT2D eigenvalue weighted by Crippen LogP contribution is -2.12. The van der Waals surface area contributed by atoms with Gasteiger partial charge in [-0.15, -0.1) is 11.3 Å². The van der Waals surface area contributed by atoms with Gasteiger partial charge in [0, 0.05) is 23.0 Å². The summed E-state index contributed by atoms with van der Waals surface area (Å²) in [6.45, 7) is 4.30. The highest BCUT2D eigenvalue weighted by molar-refractivity contribution is 7.12. The van der Waals surface area contributed by atoms with E-state index in [1.807, 2.05) is 29.6 Å². The Kier molecular flexibility index (Phi) is 2.42. The first kappa shape index (κ1) is 9.46. The third kappa shape index (κ3) is 1.73. The molecule has 1 aromatic rings. The largest absolute Gasteiger partial charge is 0.343 e. The average Bonchev–Trinajstić information content (AvgIpc) is 2.47. The summed E-state index contributed by atoms with van der Waals surface area (Å²) in [4.78, 5) is 9.17. The molecule has 2 heterocycles. The molecule has 0 saturated heterocycles. The Morgan fingerprint density at radius 2 is 2.21 bits per heavy atom. The van der Waals surface area contributed by atoms with E-state index >= 15 is 0 Å². The normalized spacial score (nSPS) is 20.5. The number of aryl methyl sites for hydroxylation is 2. The zero-order valence-corrected chi connectivity index (χ0v) is 9.51. The van der Waals surface area contributed by atoms with E-state index in [9.17, 15) is 0 Å². The molecule has 1 aliphatic heterocycles. The van der Waals surface area contributed by atoms with E-state index in [1.54, 1.807) is 0 Å². The molecule has 0 saturated carbocycles. The van der Waals surface area contributed by atoms with Crippen LogP contribution in [0.3, 0.4) is 0 Å². The SMILES string of the molecule is Cc1cc(C2C=CN(C)C=N2)c(C)s1. The molecule has 0 radical (unpaired) electrons. The van der Waals surface area contributed by atoms with Crippen LogP contribution in [0.1, 0.15) is 21.4 Å². The molecule has 0 aromatic carbocycles. The van der Waals surface area contributed by atoms with Gasteiger partial charge in [-0.3, -0.25) is 4.99 Å². The van der Waals surface area contributed by atoms with Crippen LogP contribution in [0.15, 0.2) is 23.3 Å². The molecule has 0 fully saturated rings. The summed E-state index contributed by atoms with van der Waals surface area (Å²) < 4.78 is 0. The summed E-state index contributed by atoms with van der Waals surface area (Å²) in [7, 11) is 1.99. The van der Waals surface area contributed by atoms with Crippen LogP contribution in [0.4, 0.5) is 0 Å². The molecule has 0 N–H and O–H groups in total. The fraction of sp³-hybridized carbons (Fsp3) is 0.364. The highest BCUT2D eigenvalue weighted by atomic mass is 32.1. The summed E-state index contributed by atoms with van der Waals surface area (Å²) in [5.74, 6) is 0. The van der Waals surface area contributed by atoms with Crippen LogP contribution in [-0.2, 0) is 0 Å². The van der Waals surface area contributed by atoms with Gasteiger partial charge in [-0.25, -0.2) is 0 Å². The standard InChI is InChI=1S/C11H14N2S/c1-8-6-10(9(2)14-8)11-4-5-13(3)7-12-11/h4-7,11H,1-3H3. The van der Waals surface area contributed by atoms with E-state index in [-0.39, 0.29) is 6.04 Å². The number of thiophene rings is 1. The second-order valence-electron chi connectivity index (χ2n) is 3.58. The maximum atomic E-state index is 4.48. The lowest BCUT2D eigenvalue weighted by Gasteiger charge is -2.16. The Hall–Kier alpha value is -1.09. The zero-order valence-electron chi connectivity index (χ0n) is 8.69. The van der Waals surface area contributed by atoms with Crippen molar-refractivity contribution in [3.63, 3.8) is 0 Å². The molecule has 0 aliphatic carbocycles. The number of hydrogen-bond acceptors (Lipinski definition) is 3. The quantitative estimate of drug-likeness (QED) is 0.690. The Balaban J connectivity index is 2.28. The highest BCUT2D eigenvalue weighted by Crippen LogP contribution is 2.30. The van der Waals surface area contributed by atoms with Crippen LogP contribution in [-0.4, -0.2) is 18.3 Å². The summed E-state index contributed by atoms with van der Waals surface area (Å²) in [5, 5.41) is 0. The topological polar surface area (TPSA) is 15.6 Å². The molecular weight excluding hydrogens is 192 g/mol. The number of rotatable bonds is 1. The van der Waals surface area contributed by atoms with Crippen molar-refractivity contribution in [1.82, 2.24) is 4.90 Å². The maximum Gasteiger partial charge on any atom is 0.0975 e. The Labute approximate surface area is 88.6 Å². The van der Waals surface area contributed by atoms with Crippen molar-refractivity contribution in [1.29, 1.82) is 0 Å². The molecule has 0 amide bonds. The predicted octanol–water partition coefficient (Wildman–Crippen LogP) is 2.89. The molecule has 3 heteroatoms. The van der Waals surface area contributed by atoms with Gasteiger partial charge in [0.1, 0.15) is 0 Å². The third-order valence-electron chi connectivity index (χ3n) is 2.31. The van der Waals surface area contributed by atoms with Crippen LogP contribution >= 0.6 is 11.3 Å². The monoisotopic (exact) mass is 206 g/mol. The van der Waals surface area contributed by atoms with Crippen molar-refractivity contribution in [2.75, 3.05) is 7.05 Å². The summed E-state index contributed by atoms with van der Waals surface area (Å²) >= 11 is 1.84. The second-order valence-corrected chi connectivity index (χ2v) is 5.05. The van der Waals surface area contributed by atoms with E-state index < -0.39 is 0 Å². The van der Waals surface area contributed by atoms with Crippen molar-refractivity contribution in [2.24, 2.45) is 4.99 Å². The average molecular weight is 206 g/mol.